The van der Waals surface area contributed by atoms with Crippen LogP contribution in [-0.4, -0.2) is 80.3 Å². The average molecular weight is 936 g/mol. The third-order valence-electron chi connectivity index (χ3n) is 11.5. The number of hydrogen-bond acceptors (Lipinski definition) is 9. The van der Waals surface area contributed by atoms with Crippen molar-refractivity contribution < 1.29 is 19.2 Å². The first kappa shape index (κ1) is 49.9. The fourth-order valence-corrected chi connectivity index (χ4v) is 8.07. The molecule has 0 spiro atoms. The van der Waals surface area contributed by atoms with Gasteiger partial charge < -0.3 is 50.4 Å². The summed E-state index contributed by atoms with van der Waals surface area (Å²) >= 11 is 0. The molecule has 0 aliphatic rings. The van der Waals surface area contributed by atoms with Crippen molar-refractivity contribution in [1.82, 2.24) is 30.2 Å². The molecule has 2 atom stereocenters. The maximum atomic E-state index is 14.4. The highest BCUT2D eigenvalue weighted by atomic mass is 16.2. The van der Waals surface area contributed by atoms with E-state index in [1.165, 1.54) is 6.20 Å². The first-order chi connectivity index (χ1) is 33.4. The Morgan fingerprint density at radius 3 is 1.35 bits per heavy atom. The third-order valence-corrected chi connectivity index (χ3v) is 11.5. The number of rotatable bonds is 25. The number of aryl methyl sites for hydroxylation is 2. The summed E-state index contributed by atoms with van der Waals surface area (Å²) in [4.78, 5) is 63.0. The summed E-state index contributed by atoms with van der Waals surface area (Å²) in [5.74, 6) is -3.16. The van der Waals surface area contributed by atoms with Gasteiger partial charge in [0.25, 0.3) is 11.8 Å². The molecule has 6 aromatic rings. The molecule has 19 nitrogen and oxygen atoms in total. The van der Waals surface area contributed by atoms with Gasteiger partial charge in [0.1, 0.15) is 12.1 Å². The number of carbonyl (C=O) groups is 4. The van der Waals surface area contributed by atoms with E-state index >= 15 is 0 Å². The largest absolute Gasteiger partial charge is 0.396 e. The van der Waals surface area contributed by atoms with Crippen LogP contribution in [-0.2, 0) is 22.7 Å². The molecule has 0 unspecified atom stereocenters. The maximum absolute atomic E-state index is 14.4. The van der Waals surface area contributed by atoms with E-state index in [0.717, 1.165) is 22.3 Å². The number of nitrogens with one attached hydrogen (secondary N) is 3. The molecule has 0 bridgehead atoms. The number of aliphatic imine (C=N–C) groups is 2. The zero-order valence-electron chi connectivity index (χ0n) is 38.4. The molecule has 15 N–H and O–H groups in total. The number of hydrogen-bond donors (Lipinski definition) is 9. The van der Waals surface area contributed by atoms with Crippen molar-refractivity contribution in [3.63, 3.8) is 0 Å². The zero-order chi connectivity index (χ0) is 49.1. The van der Waals surface area contributed by atoms with Gasteiger partial charge in [-0.15, -0.1) is 0 Å². The van der Waals surface area contributed by atoms with Crippen LogP contribution in [0.25, 0.3) is 0 Å². The van der Waals surface area contributed by atoms with E-state index in [0.29, 0.717) is 32.4 Å². The Morgan fingerprint density at radius 1 is 0.522 bits per heavy atom. The van der Waals surface area contributed by atoms with Crippen LogP contribution in [0.1, 0.15) is 93.6 Å². The lowest BCUT2D eigenvalue weighted by molar-refractivity contribution is -0.120. The number of nitrogens with zero attached hydrogens (tertiary/aromatic N) is 6. The Balaban J connectivity index is 1.24. The van der Waals surface area contributed by atoms with E-state index < -0.39 is 35.7 Å². The molecule has 2 aromatic heterocycles. The van der Waals surface area contributed by atoms with Crippen molar-refractivity contribution in [2.24, 2.45) is 38.7 Å². The van der Waals surface area contributed by atoms with Gasteiger partial charge in [-0.2, -0.15) is 10.2 Å². The fourth-order valence-electron chi connectivity index (χ4n) is 8.07. The SMILES string of the molecule is NC(=O)[C@H](CCCN=C(N)N)NC(=O)c1nn(CCC(c2ccccc2)c2ccccc2)cc1NC(=O)[C@H](CCCN=C(N)N)NC(=O)c1nn(CCC(c2ccccc2)c2ccccc2)cc1N. The van der Waals surface area contributed by atoms with E-state index in [-0.39, 0.29) is 78.9 Å². The summed E-state index contributed by atoms with van der Waals surface area (Å²) in [5, 5.41) is 17.4. The second-order valence-corrected chi connectivity index (χ2v) is 16.5. The quantitative estimate of drug-likeness (QED) is 0.0227. The lowest BCUT2D eigenvalue weighted by atomic mass is 9.88. The molecular weight excluding hydrogens is 875 g/mol. The molecule has 4 aromatic carbocycles. The van der Waals surface area contributed by atoms with Crippen LogP contribution in [0, 0.1) is 0 Å². The van der Waals surface area contributed by atoms with Gasteiger partial charge >= 0.3 is 0 Å². The van der Waals surface area contributed by atoms with Gasteiger partial charge in [-0.3, -0.25) is 38.5 Å². The monoisotopic (exact) mass is 936 g/mol. The van der Waals surface area contributed by atoms with E-state index in [1.54, 1.807) is 15.6 Å². The highest BCUT2D eigenvalue weighted by Gasteiger charge is 2.29. The molecular formula is C50H61N15O4. The highest BCUT2D eigenvalue weighted by Crippen LogP contribution is 2.30. The van der Waals surface area contributed by atoms with Crippen molar-refractivity contribution in [1.29, 1.82) is 0 Å². The standard InChI is InChI=1S/C50H61N15O4/c51-39-31-64(29-25-37(33-15-5-1-6-16-33)34-17-7-2-8-18-34)62-43(39)47(68)60-41(24-14-28-58-50(55)56)46(67)61-42-32-65(30-26-38(35-19-9-3-10-20-35)36-21-11-4-12-22-36)63-44(42)48(69)59-40(45(52)66)23-13-27-57-49(53)54/h1-12,15-22,31-32,37-38,40-41H,13-14,23-30,51H2,(H2,52,66)(H,59,69)(H,60,68)(H,61,67)(H4,53,54,57)(H4,55,56,58)/t40-,41-/m0/s1. The van der Waals surface area contributed by atoms with Crippen LogP contribution in [0.5, 0.6) is 0 Å². The van der Waals surface area contributed by atoms with Crippen molar-refractivity contribution in [3.05, 3.63) is 167 Å². The van der Waals surface area contributed by atoms with Crippen molar-refractivity contribution >= 4 is 46.9 Å². The zero-order valence-corrected chi connectivity index (χ0v) is 38.4. The molecule has 2 heterocycles. The Morgan fingerprint density at radius 2 is 0.913 bits per heavy atom. The minimum Gasteiger partial charge on any atom is -0.396 e. The fraction of sp³-hybridized carbons (Fsp3) is 0.280. The number of aromatic nitrogens is 4. The summed E-state index contributed by atoms with van der Waals surface area (Å²) < 4.78 is 3.18. The number of anilines is 2. The first-order valence-corrected chi connectivity index (χ1v) is 22.8. The van der Waals surface area contributed by atoms with Crippen molar-refractivity contribution in [2.75, 3.05) is 24.1 Å². The number of benzene rings is 4. The number of primary amides is 1. The van der Waals surface area contributed by atoms with E-state index in [2.05, 4.69) is 84.7 Å². The van der Waals surface area contributed by atoms with Crippen LogP contribution in [0.15, 0.2) is 144 Å². The molecule has 19 heteroatoms. The topological polar surface area (TPSA) is 321 Å². The molecule has 0 aliphatic heterocycles. The predicted molar refractivity (Wildman–Crippen MR) is 268 cm³/mol. The van der Waals surface area contributed by atoms with Crippen molar-refractivity contribution in [2.45, 2.75) is 75.5 Å². The van der Waals surface area contributed by atoms with E-state index in [1.807, 2.05) is 72.8 Å². The number of amides is 4. The summed E-state index contributed by atoms with van der Waals surface area (Å²) in [7, 11) is 0. The molecule has 0 saturated heterocycles. The smallest absolute Gasteiger partial charge is 0.274 e. The number of guanidine groups is 2. The number of nitrogen functional groups attached to an aromatic ring is 1. The Labute approximate surface area is 400 Å². The Bertz CT molecular complexity index is 2580. The highest BCUT2D eigenvalue weighted by molar-refractivity contribution is 6.06. The van der Waals surface area contributed by atoms with Gasteiger partial charge in [0.2, 0.25) is 11.8 Å². The lowest BCUT2D eigenvalue weighted by Gasteiger charge is -2.19. The first-order valence-electron chi connectivity index (χ1n) is 22.8. The second-order valence-electron chi connectivity index (χ2n) is 16.5. The minimum absolute atomic E-state index is 0.0239. The Kier molecular flexibility index (Phi) is 18.0. The third kappa shape index (κ3) is 14.8. The van der Waals surface area contributed by atoms with Crippen LogP contribution in [0.3, 0.4) is 0 Å². The predicted octanol–water partition coefficient (Wildman–Crippen LogP) is 3.53. The average Bonchev–Trinajstić information content (AvgIpc) is 3.94. The number of carbonyl (C=O) groups excluding carboxylic acids is 4. The maximum Gasteiger partial charge on any atom is 0.274 e. The van der Waals surface area contributed by atoms with E-state index in [4.69, 9.17) is 34.4 Å². The van der Waals surface area contributed by atoms with Gasteiger partial charge in [0.15, 0.2) is 23.3 Å². The normalized spacial score (nSPS) is 11.9. The molecule has 360 valence electrons. The molecule has 4 amide bonds. The van der Waals surface area contributed by atoms with Crippen molar-refractivity contribution in [3.8, 4) is 0 Å². The molecule has 6 rings (SSSR count). The van der Waals surface area contributed by atoms with Gasteiger partial charge in [-0.1, -0.05) is 121 Å². The van der Waals surface area contributed by atoms with Crippen LogP contribution < -0.4 is 50.4 Å². The van der Waals surface area contributed by atoms with Gasteiger partial charge in [-0.25, -0.2) is 0 Å². The molecule has 0 radical (unpaired) electrons. The minimum atomic E-state index is -1.19. The lowest BCUT2D eigenvalue weighted by Crippen LogP contribution is -2.45. The summed E-state index contributed by atoms with van der Waals surface area (Å²) in [6.45, 7) is 1.12. The van der Waals surface area contributed by atoms with Crippen LogP contribution in [0.2, 0.25) is 0 Å². The van der Waals surface area contributed by atoms with Gasteiger partial charge in [-0.05, 0) is 60.8 Å². The van der Waals surface area contributed by atoms with E-state index in [9.17, 15) is 19.2 Å². The molecule has 69 heavy (non-hydrogen) atoms. The second kappa shape index (κ2) is 24.9. The van der Waals surface area contributed by atoms with Crippen LogP contribution in [0.4, 0.5) is 11.4 Å². The van der Waals surface area contributed by atoms with Crippen LogP contribution >= 0.6 is 0 Å². The van der Waals surface area contributed by atoms with Gasteiger partial charge in [0.05, 0.1) is 11.4 Å². The Hall–Kier alpha value is -8.48. The molecule has 0 saturated carbocycles. The summed E-state index contributed by atoms with van der Waals surface area (Å²) in [5.41, 5.74) is 38.5. The van der Waals surface area contributed by atoms with Gasteiger partial charge in [0, 0.05) is 50.4 Å². The summed E-state index contributed by atoms with van der Waals surface area (Å²) in [6, 6.07) is 38.0. The molecule has 0 fully saturated rings. The number of nitrogens with two attached hydrogens (primary N) is 6. The summed E-state index contributed by atoms with van der Waals surface area (Å²) in [6.07, 6.45) is 5.17. The molecule has 0 aliphatic carbocycles.